The van der Waals surface area contributed by atoms with Crippen molar-refractivity contribution in [1.29, 1.82) is 0 Å². The quantitative estimate of drug-likeness (QED) is 0.547. The number of anilines is 1. The summed E-state index contributed by atoms with van der Waals surface area (Å²) in [6, 6.07) is 11.0. The fraction of sp³-hybridized carbons (Fsp3) is 0.263. The van der Waals surface area contributed by atoms with Crippen molar-refractivity contribution < 1.29 is 4.42 Å². The van der Waals surface area contributed by atoms with Crippen LogP contribution >= 0.6 is 11.8 Å². The Morgan fingerprint density at radius 2 is 2.08 bits per heavy atom. The third-order valence-corrected chi connectivity index (χ3v) is 5.00. The van der Waals surface area contributed by atoms with Gasteiger partial charge in [-0.3, -0.25) is 0 Å². The highest BCUT2D eigenvalue weighted by Crippen LogP contribution is 2.23. The van der Waals surface area contributed by atoms with Crippen LogP contribution in [0.2, 0.25) is 0 Å². The molecule has 0 radical (unpaired) electrons. The number of rotatable bonds is 6. The van der Waals surface area contributed by atoms with Gasteiger partial charge in [-0.05, 0) is 49.2 Å². The van der Waals surface area contributed by atoms with Gasteiger partial charge in [0.1, 0.15) is 11.2 Å². The zero-order valence-electron chi connectivity index (χ0n) is 14.3. The minimum absolute atomic E-state index is 0.585. The smallest absolute Gasteiger partial charge is 0.295 e. The van der Waals surface area contributed by atoms with Crippen LogP contribution in [-0.4, -0.2) is 20.9 Å². The van der Waals surface area contributed by atoms with Crippen molar-refractivity contribution in [3.05, 3.63) is 59.5 Å². The standard InChI is InChI=1S/C19H20N4OS/c1-3-20-19-22-16-9-14(4-5-17(16)24-19)11-25-12-15-10-23-7-6-13(2)8-18(23)21-15/h4-10H,3,11-12H2,1-2H3,(H,20,22). The Morgan fingerprint density at radius 3 is 2.96 bits per heavy atom. The van der Waals surface area contributed by atoms with Crippen molar-refractivity contribution in [3.63, 3.8) is 0 Å². The molecule has 5 nitrogen and oxygen atoms in total. The summed E-state index contributed by atoms with van der Waals surface area (Å²) in [5, 5.41) is 3.10. The summed E-state index contributed by atoms with van der Waals surface area (Å²) in [6.07, 6.45) is 4.16. The molecule has 3 aromatic heterocycles. The van der Waals surface area contributed by atoms with E-state index in [0.29, 0.717) is 6.01 Å². The number of thioether (sulfide) groups is 1. The first-order chi connectivity index (χ1) is 12.2. The third kappa shape index (κ3) is 3.49. The molecule has 0 atom stereocenters. The van der Waals surface area contributed by atoms with E-state index in [0.717, 1.165) is 40.5 Å². The van der Waals surface area contributed by atoms with E-state index in [1.54, 1.807) is 0 Å². The summed E-state index contributed by atoms with van der Waals surface area (Å²) in [7, 11) is 0. The molecule has 1 N–H and O–H groups in total. The lowest BCUT2D eigenvalue weighted by atomic mass is 10.2. The van der Waals surface area contributed by atoms with Crippen molar-refractivity contribution in [1.82, 2.24) is 14.4 Å². The molecule has 6 heteroatoms. The number of imidazole rings is 1. The Bertz CT molecular complexity index is 1020. The molecule has 4 rings (SSSR count). The second-order valence-corrected chi connectivity index (χ2v) is 7.03. The van der Waals surface area contributed by atoms with Crippen LogP contribution in [0.5, 0.6) is 0 Å². The molecule has 0 aliphatic carbocycles. The third-order valence-electron chi connectivity index (χ3n) is 3.96. The monoisotopic (exact) mass is 352 g/mol. The van der Waals surface area contributed by atoms with Crippen LogP contribution in [0.4, 0.5) is 6.01 Å². The maximum absolute atomic E-state index is 5.64. The second kappa shape index (κ2) is 6.80. The van der Waals surface area contributed by atoms with Crippen molar-refractivity contribution in [3.8, 4) is 0 Å². The van der Waals surface area contributed by atoms with Gasteiger partial charge in [-0.15, -0.1) is 0 Å². The second-order valence-electron chi connectivity index (χ2n) is 6.05. The highest BCUT2D eigenvalue weighted by Gasteiger charge is 2.07. The number of aryl methyl sites for hydroxylation is 1. The number of aromatic nitrogens is 3. The number of nitrogens with one attached hydrogen (secondary N) is 1. The zero-order chi connectivity index (χ0) is 17.2. The minimum Gasteiger partial charge on any atom is -0.424 e. The number of hydrogen-bond donors (Lipinski definition) is 1. The number of nitrogens with zero attached hydrogens (tertiary/aromatic N) is 3. The van der Waals surface area contributed by atoms with Gasteiger partial charge in [0.05, 0.1) is 5.69 Å². The molecule has 25 heavy (non-hydrogen) atoms. The van der Waals surface area contributed by atoms with Gasteiger partial charge >= 0.3 is 0 Å². The van der Waals surface area contributed by atoms with Gasteiger partial charge in [-0.25, -0.2) is 4.98 Å². The molecule has 0 spiro atoms. The number of oxazole rings is 1. The summed E-state index contributed by atoms with van der Waals surface area (Å²) >= 11 is 1.85. The maximum Gasteiger partial charge on any atom is 0.295 e. The molecule has 0 fully saturated rings. The van der Waals surface area contributed by atoms with E-state index in [9.17, 15) is 0 Å². The largest absolute Gasteiger partial charge is 0.424 e. The molecule has 0 bridgehead atoms. The highest BCUT2D eigenvalue weighted by atomic mass is 32.2. The van der Waals surface area contributed by atoms with Crippen LogP contribution < -0.4 is 5.32 Å². The van der Waals surface area contributed by atoms with E-state index >= 15 is 0 Å². The summed E-state index contributed by atoms with van der Waals surface area (Å²) in [5.41, 5.74) is 6.31. The van der Waals surface area contributed by atoms with E-state index in [1.165, 1.54) is 11.1 Å². The zero-order valence-corrected chi connectivity index (χ0v) is 15.1. The highest BCUT2D eigenvalue weighted by molar-refractivity contribution is 7.97. The number of benzene rings is 1. The first-order valence-electron chi connectivity index (χ1n) is 8.36. The maximum atomic E-state index is 5.64. The van der Waals surface area contributed by atoms with Crippen molar-refractivity contribution in [2.45, 2.75) is 25.4 Å². The predicted molar refractivity (Wildman–Crippen MR) is 103 cm³/mol. The van der Waals surface area contributed by atoms with E-state index < -0.39 is 0 Å². The van der Waals surface area contributed by atoms with E-state index in [4.69, 9.17) is 4.42 Å². The first kappa shape index (κ1) is 16.0. The topological polar surface area (TPSA) is 55.4 Å². The van der Waals surface area contributed by atoms with E-state index in [1.807, 2.05) is 24.8 Å². The molecule has 0 unspecified atom stereocenters. The lowest BCUT2D eigenvalue weighted by Gasteiger charge is -1.99. The fourth-order valence-electron chi connectivity index (χ4n) is 2.77. The molecule has 3 heterocycles. The first-order valence-corrected chi connectivity index (χ1v) is 9.52. The number of hydrogen-bond acceptors (Lipinski definition) is 5. The van der Waals surface area contributed by atoms with Crippen LogP contribution in [0.1, 0.15) is 23.7 Å². The molecular formula is C19H20N4OS. The molecule has 1 aromatic carbocycles. The normalized spacial score (nSPS) is 11.4. The van der Waals surface area contributed by atoms with Crippen molar-refractivity contribution in [2.75, 3.05) is 11.9 Å². The summed E-state index contributed by atoms with van der Waals surface area (Å²) in [6.45, 7) is 4.91. The Balaban J connectivity index is 1.42. The van der Waals surface area contributed by atoms with Crippen LogP contribution in [0, 0.1) is 6.92 Å². The SMILES string of the molecule is CCNc1nc2cc(CSCc3cn4ccc(C)cc4n3)ccc2o1. The van der Waals surface area contributed by atoms with Gasteiger partial charge < -0.3 is 14.1 Å². The van der Waals surface area contributed by atoms with Gasteiger partial charge in [0, 0.05) is 30.4 Å². The number of pyridine rings is 1. The Hall–Kier alpha value is -2.47. The van der Waals surface area contributed by atoms with Crippen molar-refractivity contribution in [2.24, 2.45) is 0 Å². The molecule has 0 saturated heterocycles. The predicted octanol–water partition coefficient (Wildman–Crippen LogP) is 4.65. The molecule has 0 aliphatic heterocycles. The van der Waals surface area contributed by atoms with Crippen LogP contribution in [-0.2, 0) is 11.5 Å². The molecule has 0 aliphatic rings. The molecule has 0 amide bonds. The van der Waals surface area contributed by atoms with Gasteiger partial charge in [0.15, 0.2) is 5.58 Å². The van der Waals surface area contributed by atoms with Gasteiger partial charge in [-0.2, -0.15) is 16.7 Å². The molecule has 0 saturated carbocycles. The van der Waals surface area contributed by atoms with Crippen molar-refractivity contribution >= 4 is 34.5 Å². The minimum atomic E-state index is 0.585. The Morgan fingerprint density at radius 1 is 1.16 bits per heavy atom. The van der Waals surface area contributed by atoms with Gasteiger partial charge in [0.25, 0.3) is 6.01 Å². The van der Waals surface area contributed by atoms with E-state index in [-0.39, 0.29) is 0 Å². The van der Waals surface area contributed by atoms with E-state index in [2.05, 4.69) is 63.3 Å². The average Bonchev–Trinajstić information content (AvgIpc) is 3.17. The Labute approximate surface area is 150 Å². The van der Waals surface area contributed by atoms with Crippen LogP contribution in [0.15, 0.2) is 47.1 Å². The summed E-state index contributed by atoms with van der Waals surface area (Å²) in [4.78, 5) is 9.15. The van der Waals surface area contributed by atoms with Crippen LogP contribution in [0.3, 0.4) is 0 Å². The summed E-state index contributed by atoms with van der Waals surface area (Å²) in [5.74, 6) is 1.81. The lowest BCUT2D eigenvalue weighted by Crippen LogP contribution is -1.95. The van der Waals surface area contributed by atoms with Gasteiger partial charge in [-0.1, -0.05) is 6.07 Å². The van der Waals surface area contributed by atoms with Crippen LogP contribution in [0.25, 0.3) is 16.7 Å². The Kier molecular flexibility index (Phi) is 4.36. The lowest BCUT2D eigenvalue weighted by molar-refractivity contribution is 0.616. The van der Waals surface area contributed by atoms with Gasteiger partial charge in [0.2, 0.25) is 0 Å². The fourth-order valence-corrected chi connectivity index (χ4v) is 3.63. The molecule has 128 valence electrons. The molecular weight excluding hydrogens is 332 g/mol. The molecule has 4 aromatic rings. The summed E-state index contributed by atoms with van der Waals surface area (Å²) < 4.78 is 7.71. The average molecular weight is 352 g/mol. The number of fused-ring (bicyclic) bond motifs is 2.